The molecule has 0 aliphatic carbocycles. The van der Waals surface area contributed by atoms with Gasteiger partial charge in [0.2, 0.25) is 0 Å². The van der Waals surface area contributed by atoms with Crippen LogP contribution in [0.1, 0.15) is 59.8 Å². The third-order valence-corrected chi connectivity index (χ3v) is 5.58. The van der Waals surface area contributed by atoms with Gasteiger partial charge in [-0.15, -0.1) is 6.58 Å². The number of carbonyl (C=O) groups is 2. The second kappa shape index (κ2) is 8.52. The molecule has 22 heavy (non-hydrogen) atoms. The van der Waals surface area contributed by atoms with Crippen LogP contribution in [0.15, 0.2) is 36.0 Å². The zero-order valence-electron chi connectivity index (χ0n) is 14.3. The summed E-state index contributed by atoms with van der Waals surface area (Å²) in [5.41, 5.74) is 2.69. The summed E-state index contributed by atoms with van der Waals surface area (Å²) in [6.45, 7) is 11.6. The summed E-state index contributed by atoms with van der Waals surface area (Å²) in [6, 6.07) is 0. The smallest absolute Gasteiger partial charge is 0.200 e. The van der Waals surface area contributed by atoms with Crippen LogP contribution in [0.3, 0.4) is 0 Å². The molecule has 1 fully saturated rings. The topological polar surface area (TPSA) is 34.1 Å². The van der Waals surface area contributed by atoms with E-state index in [9.17, 15) is 9.59 Å². The van der Waals surface area contributed by atoms with Gasteiger partial charge in [0.1, 0.15) is 0 Å². The van der Waals surface area contributed by atoms with E-state index in [1.54, 1.807) is 6.92 Å². The van der Waals surface area contributed by atoms with Crippen molar-refractivity contribution in [1.82, 2.24) is 0 Å². The number of Topliss-reactive ketones (excluding diaryl/α,β-unsaturated/α-hetero) is 1. The molecular formula is C19H28O2S. The Hall–Kier alpha value is -1.09. The number of thioether (sulfide) groups is 1. The molecule has 0 amide bonds. The highest BCUT2D eigenvalue weighted by molar-refractivity contribution is 8.16. The quantitative estimate of drug-likeness (QED) is 0.452. The van der Waals surface area contributed by atoms with Crippen molar-refractivity contribution in [3.63, 3.8) is 0 Å². The van der Waals surface area contributed by atoms with Gasteiger partial charge in [0, 0.05) is 0 Å². The molecule has 1 saturated heterocycles. The molecule has 0 radical (unpaired) electrons. The molecule has 1 heterocycles. The van der Waals surface area contributed by atoms with Gasteiger partial charge < -0.3 is 0 Å². The second-order valence-electron chi connectivity index (χ2n) is 6.41. The van der Waals surface area contributed by atoms with E-state index in [0.29, 0.717) is 6.42 Å². The zero-order chi connectivity index (χ0) is 16.8. The summed E-state index contributed by atoms with van der Waals surface area (Å²) in [4.78, 5) is 23.9. The molecule has 0 aromatic rings. The van der Waals surface area contributed by atoms with Gasteiger partial charge in [-0.05, 0) is 59.8 Å². The van der Waals surface area contributed by atoms with Crippen molar-refractivity contribution in [3.8, 4) is 0 Å². The second-order valence-corrected chi connectivity index (χ2v) is 7.92. The number of hydrogen-bond acceptors (Lipinski definition) is 3. The van der Waals surface area contributed by atoms with Crippen LogP contribution in [-0.2, 0) is 9.59 Å². The fraction of sp³-hybridized carbons (Fsp3) is 0.579. The van der Waals surface area contributed by atoms with E-state index in [0.717, 1.165) is 25.7 Å². The first kappa shape index (κ1) is 19.0. The maximum absolute atomic E-state index is 12.2. The molecule has 0 spiro atoms. The van der Waals surface area contributed by atoms with Gasteiger partial charge >= 0.3 is 0 Å². The predicted octanol–water partition coefficient (Wildman–Crippen LogP) is 5.25. The lowest BCUT2D eigenvalue weighted by Gasteiger charge is -2.18. The van der Waals surface area contributed by atoms with Crippen molar-refractivity contribution in [2.75, 3.05) is 0 Å². The molecule has 122 valence electrons. The molecule has 3 heteroatoms. The summed E-state index contributed by atoms with van der Waals surface area (Å²) in [7, 11) is 0. The molecule has 2 atom stereocenters. The summed E-state index contributed by atoms with van der Waals surface area (Å²) in [5.74, 6) is -0.370. The Morgan fingerprint density at radius 1 is 1.18 bits per heavy atom. The van der Waals surface area contributed by atoms with Crippen LogP contribution in [0.2, 0.25) is 0 Å². The molecule has 1 aliphatic heterocycles. The first-order chi connectivity index (χ1) is 10.3. The minimum Gasteiger partial charge on any atom is -0.297 e. The van der Waals surface area contributed by atoms with Crippen molar-refractivity contribution in [2.45, 2.75) is 64.5 Å². The SMILES string of the molecule is C=CCCC(C)=CCCC(C)=CCC1(C)SC(=O)C(C)C1=O. The van der Waals surface area contributed by atoms with E-state index >= 15 is 0 Å². The number of rotatable bonds is 8. The van der Waals surface area contributed by atoms with Gasteiger partial charge in [-0.3, -0.25) is 9.59 Å². The van der Waals surface area contributed by atoms with Crippen LogP contribution in [0, 0.1) is 5.92 Å². The first-order valence-corrected chi connectivity index (χ1v) is 8.81. The molecular weight excluding hydrogens is 292 g/mol. The van der Waals surface area contributed by atoms with Gasteiger partial charge in [-0.25, -0.2) is 0 Å². The van der Waals surface area contributed by atoms with Crippen LogP contribution in [0.5, 0.6) is 0 Å². The average molecular weight is 320 g/mol. The fourth-order valence-corrected chi connectivity index (χ4v) is 3.69. The Labute approximate surface area is 139 Å². The van der Waals surface area contributed by atoms with Crippen LogP contribution in [-0.4, -0.2) is 15.6 Å². The number of ketones is 1. The molecule has 2 nitrogen and oxygen atoms in total. The Morgan fingerprint density at radius 3 is 2.32 bits per heavy atom. The largest absolute Gasteiger partial charge is 0.297 e. The van der Waals surface area contributed by atoms with Gasteiger partial charge in [-0.1, -0.05) is 41.1 Å². The lowest BCUT2D eigenvalue weighted by atomic mass is 9.92. The molecule has 0 bridgehead atoms. The standard InChI is InChI=1S/C19H28O2S/c1-6-7-9-14(2)10-8-11-15(3)12-13-19(5)17(20)16(4)18(21)22-19/h6,10,12,16H,1,7-9,11,13H2,2-5H3. The summed E-state index contributed by atoms with van der Waals surface area (Å²) in [6.07, 6.45) is 11.1. The number of hydrogen-bond donors (Lipinski definition) is 0. The Bertz CT molecular complexity index is 502. The van der Waals surface area contributed by atoms with E-state index in [4.69, 9.17) is 0 Å². The monoisotopic (exact) mass is 320 g/mol. The molecule has 1 aliphatic rings. The van der Waals surface area contributed by atoms with E-state index in [1.165, 1.54) is 22.9 Å². The molecule has 0 aromatic heterocycles. The summed E-state index contributed by atoms with van der Waals surface area (Å²) < 4.78 is -0.562. The van der Waals surface area contributed by atoms with Crippen molar-refractivity contribution in [3.05, 3.63) is 36.0 Å². The minimum absolute atomic E-state index is 0.0133. The Balaban J connectivity index is 2.48. The van der Waals surface area contributed by atoms with Crippen LogP contribution in [0.4, 0.5) is 0 Å². The van der Waals surface area contributed by atoms with Crippen LogP contribution in [0.25, 0.3) is 0 Å². The first-order valence-electron chi connectivity index (χ1n) is 7.99. The van der Waals surface area contributed by atoms with E-state index in [2.05, 4.69) is 32.6 Å². The van der Waals surface area contributed by atoms with E-state index in [1.807, 2.05) is 13.0 Å². The van der Waals surface area contributed by atoms with Gasteiger partial charge in [0.25, 0.3) is 0 Å². The third-order valence-electron chi connectivity index (χ3n) is 4.21. The maximum Gasteiger partial charge on any atom is 0.200 e. The molecule has 0 aromatic carbocycles. The van der Waals surface area contributed by atoms with E-state index < -0.39 is 10.7 Å². The van der Waals surface area contributed by atoms with Gasteiger partial charge in [-0.2, -0.15) is 0 Å². The highest BCUT2D eigenvalue weighted by atomic mass is 32.2. The third kappa shape index (κ3) is 5.28. The number of carbonyl (C=O) groups excluding carboxylic acids is 2. The summed E-state index contributed by atoms with van der Waals surface area (Å²) in [5, 5.41) is 0.0133. The Kier molecular flexibility index (Phi) is 7.34. The molecule has 1 rings (SSSR count). The van der Waals surface area contributed by atoms with Crippen molar-refractivity contribution in [2.24, 2.45) is 5.92 Å². The van der Waals surface area contributed by atoms with Gasteiger partial charge in [0.05, 0.1) is 10.7 Å². The molecule has 2 unspecified atom stereocenters. The summed E-state index contributed by atoms with van der Waals surface area (Å²) >= 11 is 1.21. The minimum atomic E-state index is -0.562. The normalized spacial score (nSPS) is 26.6. The Morgan fingerprint density at radius 2 is 1.77 bits per heavy atom. The van der Waals surface area contributed by atoms with Crippen molar-refractivity contribution < 1.29 is 9.59 Å². The van der Waals surface area contributed by atoms with E-state index in [-0.39, 0.29) is 10.9 Å². The number of allylic oxidation sites excluding steroid dienone is 5. The maximum atomic E-state index is 12.2. The van der Waals surface area contributed by atoms with Crippen LogP contribution >= 0.6 is 11.8 Å². The highest BCUT2D eigenvalue weighted by Gasteiger charge is 2.47. The fourth-order valence-electron chi connectivity index (χ4n) is 2.52. The van der Waals surface area contributed by atoms with Crippen molar-refractivity contribution >= 4 is 22.7 Å². The molecule has 0 N–H and O–H groups in total. The zero-order valence-corrected chi connectivity index (χ0v) is 15.1. The molecule has 0 saturated carbocycles. The van der Waals surface area contributed by atoms with Crippen molar-refractivity contribution in [1.29, 1.82) is 0 Å². The lowest BCUT2D eigenvalue weighted by Crippen LogP contribution is -2.29. The predicted molar refractivity (Wildman–Crippen MR) is 96.0 cm³/mol. The average Bonchev–Trinajstić information content (AvgIpc) is 2.67. The van der Waals surface area contributed by atoms with Crippen LogP contribution < -0.4 is 0 Å². The van der Waals surface area contributed by atoms with Gasteiger partial charge in [0.15, 0.2) is 10.9 Å². The highest BCUT2D eigenvalue weighted by Crippen LogP contribution is 2.42. The lowest BCUT2D eigenvalue weighted by molar-refractivity contribution is -0.127.